The third-order valence-corrected chi connectivity index (χ3v) is 3.92. The van der Waals surface area contributed by atoms with Crippen LogP contribution in [0, 0.1) is 5.82 Å². The van der Waals surface area contributed by atoms with Crippen LogP contribution in [0.2, 0.25) is 5.02 Å². The van der Waals surface area contributed by atoms with Crippen molar-refractivity contribution in [1.29, 1.82) is 0 Å². The number of alkyl halides is 1. The molecule has 4 nitrogen and oxygen atoms in total. The van der Waals surface area contributed by atoms with Gasteiger partial charge in [0.25, 0.3) is 0 Å². The van der Waals surface area contributed by atoms with Crippen molar-refractivity contribution in [3.05, 3.63) is 40.6 Å². The minimum Gasteiger partial charge on any atom is -0.280 e. The number of rotatable bonds is 3. The molecular weight excluding hydrogens is 314 g/mol. The topological polar surface area (TPSA) is 35.6 Å². The van der Waals surface area contributed by atoms with E-state index in [9.17, 15) is 4.39 Å². The zero-order valence-electron chi connectivity index (χ0n) is 11.6. The SMILES string of the molecule is CCc1nn(C)c2c1nc(CCl)n2-c1ccc(F)c(Cl)c1. The van der Waals surface area contributed by atoms with Crippen molar-refractivity contribution in [3.63, 3.8) is 0 Å². The molecule has 3 rings (SSSR count). The molecule has 0 aliphatic rings. The van der Waals surface area contributed by atoms with Crippen LogP contribution >= 0.6 is 23.2 Å². The summed E-state index contributed by atoms with van der Waals surface area (Å²) in [6.45, 7) is 2.02. The average Bonchev–Trinajstić information content (AvgIpc) is 2.99. The molecule has 110 valence electrons. The largest absolute Gasteiger partial charge is 0.280 e. The number of aromatic nitrogens is 4. The Bertz CT molecular complexity index is 822. The predicted octanol–water partition coefficient (Wildman–Crippen LogP) is 3.85. The number of imidazole rings is 1. The number of fused-ring (bicyclic) bond motifs is 1. The summed E-state index contributed by atoms with van der Waals surface area (Å²) < 4.78 is 17.0. The van der Waals surface area contributed by atoms with Gasteiger partial charge in [-0.25, -0.2) is 14.1 Å². The Morgan fingerprint density at radius 3 is 2.71 bits per heavy atom. The molecule has 7 heteroatoms. The van der Waals surface area contributed by atoms with Gasteiger partial charge in [-0.1, -0.05) is 18.5 Å². The fourth-order valence-corrected chi connectivity index (χ4v) is 2.80. The lowest BCUT2D eigenvalue weighted by atomic mass is 10.3. The van der Waals surface area contributed by atoms with Gasteiger partial charge in [0.15, 0.2) is 5.65 Å². The van der Waals surface area contributed by atoms with Crippen LogP contribution in [0.25, 0.3) is 16.9 Å². The highest BCUT2D eigenvalue weighted by Gasteiger charge is 2.19. The molecule has 0 N–H and O–H groups in total. The van der Waals surface area contributed by atoms with Gasteiger partial charge in [0.1, 0.15) is 17.2 Å². The molecule has 0 aliphatic carbocycles. The van der Waals surface area contributed by atoms with E-state index in [2.05, 4.69) is 10.1 Å². The lowest BCUT2D eigenvalue weighted by molar-refractivity contribution is 0.627. The Labute approximate surface area is 131 Å². The molecule has 0 radical (unpaired) electrons. The Hall–Kier alpha value is -1.59. The third kappa shape index (κ3) is 2.21. The zero-order valence-corrected chi connectivity index (χ0v) is 13.1. The van der Waals surface area contributed by atoms with E-state index < -0.39 is 5.82 Å². The number of hydrogen-bond acceptors (Lipinski definition) is 2. The van der Waals surface area contributed by atoms with Crippen LogP contribution in [0.5, 0.6) is 0 Å². The Kier molecular flexibility index (Phi) is 3.63. The first-order valence-corrected chi connectivity index (χ1v) is 7.42. The standard InChI is InChI=1S/C14H13Cl2FN4/c1-3-11-13-14(20(2)19-11)21(12(7-15)18-13)8-4-5-10(17)9(16)6-8/h4-6H,3,7H2,1-2H3. The highest BCUT2D eigenvalue weighted by atomic mass is 35.5. The van der Waals surface area contributed by atoms with E-state index in [0.717, 1.165) is 23.3 Å². The number of aryl methyl sites for hydroxylation is 2. The molecule has 0 unspecified atom stereocenters. The van der Waals surface area contributed by atoms with Crippen LogP contribution in [0.3, 0.4) is 0 Å². The summed E-state index contributed by atoms with van der Waals surface area (Å²) in [5, 5.41) is 4.52. The maximum Gasteiger partial charge on any atom is 0.163 e. The smallest absolute Gasteiger partial charge is 0.163 e. The van der Waals surface area contributed by atoms with Crippen LogP contribution in [-0.2, 0) is 19.3 Å². The minimum atomic E-state index is -0.455. The number of benzene rings is 1. The van der Waals surface area contributed by atoms with E-state index in [4.69, 9.17) is 23.2 Å². The highest BCUT2D eigenvalue weighted by molar-refractivity contribution is 6.30. The van der Waals surface area contributed by atoms with Crippen molar-refractivity contribution in [2.75, 3.05) is 0 Å². The molecule has 0 saturated heterocycles. The van der Waals surface area contributed by atoms with Crippen LogP contribution in [0.15, 0.2) is 18.2 Å². The molecular formula is C14H13Cl2FN4. The van der Waals surface area contributed by atoms with E-state index >= 15 is 0 Å². The van der Waals surface area contributed by atoms with E-state index in [1.165, 1.54) is 6.07 Å². The first-order valence-electron chi connectivity index (χ1n) is 6.51. The van der Waals surface area contributed by atoms with Crippen molar-refractivity contribution in [3.8, 4) is 5.69 Å². The average molecular weight is 327 g/mol. The Balaban J connectivity index is 2.34. The van der Waals surface area contributed by atoms with E-state index in [-0.39, 0.29) is 10.9 Å². The number of hydrogen-bond donors (Lipinski definition) is 0. The molecule has 21 heavy (non-hydrogen) atoms. The minimum absolute atomic E-state index is 0.0627. The van der Waals surface area contributed by atoms with Gasteiger partial charge in [0.2, 0.25) is 0 Å². The molecule has 3 aromatic rings. The summed E-state index contributed by atoms with van der Waals surface area (Å²) in [5.74, 6) is 0.466. The lowest BCUT2D eigenvalue weighted by Crippen LogP contribution is -2.04. The van der Waals surface area contributed by atoms with Crippen LogP contribution in [-0.4, -0.2) is 19.3 Å². The molecule has 0 spiro atoms. The van der Waals surface area contributed by atoms with Gasteiger partial charge >= 0.3 is 0 Å². The molecule has 0 bridgehead atoms. The van der Waals surface area contributed by atoms with Crippen LogP contribution in [0.4, 0.5) is 4.39 Å². The third-order valence-electron chi connectivity index (χ3n) is 3.39. The second kappa shape index (κ2) is 5.31. The van der Waals surface area contributed by atoms with Gasteiger partial charge in [-0.05, 0) is 24.6 Å². The Morgan fingerprint density at radius 2 is 2.10 bits per heavy atom. The summed E-state index contributed by atoms with van der Waals surface area (Å²) in [6.07, 6.45) is 0.778. The van der Waals surface area contributed by atoms with E-state index in [1.807, 2.05) is 18.5 Å². The molecule has 2 heterocycles. The van der Waals surface area contributed by atoms with Gasteiger partial charge in [-0.2, -0.15) is 5.10 Å². The first-order chi connectivity index (χ1) is 10.1. The molecule has 1 aromatic carbocycles. The monoisotopic (exact) mass is 326 g/mol. The van der Waals surface area contributed by atoms with Crippen molar-refractivity contribution in [2.24, 2.45) is 7.05 Å². The van der Waals surface area contributed by atoms with Crippen LogP contribution in [0.1, 0.15) is 18.4 Å². The quantitative estimate of drug-likeness (QED) is 0.685. The Morgan fingerprint density at radius 1 is 1.33 bits per heavy atom. The molecule has 0 aliphatic heterocycles. The summed E-state index contributed by atoms with van der Waals surface area (Å²) >= 11 is 11.9. The zero-order chi connectivity index (χ0) is 15.1. The van der Waals surface area contributed by atoms with E-state index in [0.29, 0.717) is 11.5 Å². The normalized spacial score (nSPS) is 11.5. The maximum absolute atomic E-state index is 13.4. The van der Waals surface area contributed by atoms with Gasteiger partial charge < -0.3 is 0 Å². The fraction of sp³-hybridized carbons (Fsp3) is 0.286. The second-order valence-electron chi connectivity index (χ2n) is 4.69. The van der Waals surface area contributed by atoms with Crippen molar-refractivity contribution in [2.45, 2.75) is 19.2 Å². The fourth-order valence-electron chi connectivity index (χ4n) is 2.45. The van der Waals surface area contributed by atoms with Crippen molar-refractivity contribution < 1.29 is 4.39 Å². The molecule has 0 atom stereocenters. The maximum atomic E-state index is 13.4. The van der Waals surface area contributed by atoms with Gasteiger partial charge in [-0.15, -0.1) is 11.6 Å². The van der Waals surface area contributed by atoms with Gasteiger partial charge in [0.05, 0.1) is 22.3 Å². The predicted molar refractivity (Wildman–Crippen MR) is 81.7 cm³/mol. The highest BCUT2D eigenvalue weighted by Crippen LogP contribution is 2.27. The van der Waals surface area contributed by atoms with Gasteiger partial charge in [-0.3, -0.25) is 4.57 Å². The van der Waals surface area contributed by atoms with E-state index in [1.54, 1.807) is 16.8 Å². The molecule has 0 amide bonds. The summed E-state index contributed by atoms with van der Waals surface area (Å²) in [7, 11) is 1.85. The first kappa shape index (κ1) is 14.4. The molecule has 2 aromatic heterocycles. The summed E-state index contributed by atoms with van der Waals surface area (Å²) in [6, 6.07) is 4.54. The summed E-state index contributed by atoms with van der Waals surface area (Å²) in [4.78, 5) is 4.56. The summed E-state index contributed by atoms with van der Waals surface area (Å²) in [5.41, 5.74) is 3.26. The number of halogens is 3. The molecule has 0 fully saturated rings. The van der Waals surface area contributed by atoms with Crippen molar-refractivity contribution in [1.82, 2.24) is 19.3 Å². The molecule has 0 saturated carbocycles. The van der Waals surface area contributed by atoms with Crippen molar-refractivity contribution >= 4 is 34.4 Å². The van der Waals surface area contributed by atoms with Gasteiger partial charge in [0, 0.05) is 7.05 Å². The number of nitrogens with zero attached hydrogens (tertiary/aromatic N) is 4. The van der Waals surface area contributed by atoms with Crippen LogP contribution < -0.4 is 0 Å². The lowest BCUT2D eigenvalue weighted by Gasteiger charge is -2.09. The second-order valence-corrected chi connectivity index (χ2v) is 5.37.